The summed E-state index contributed by atoms with van der Waals surface area (Å²) in [5.74, 6) is -0.169. The Hall–Kier alpha value is -3.87. The van der Waals surface area contributed by atoms with Crippen molar-refractivity contribution >= 4 is 23.3 Å². The first-order chi connectivity index (χ1) is 16.0. The van der Waals surface area contributed by atoms with E-state index in [1.807, 2.05) is 31.2 Å². The van der Waals surface area contributed by atoms with Crippen molar-refractivity contribution in [3.63, 3.8) is 0 Å². The van der Waals surface area contributed by atoms with E-state index in [-0.39, 0.29) is 17.9 Å². The molecule has 2 N–H and O–H groups in total. The second-order valence-electron chi connectivity index (χ2n) is 8.13. The number of nitrogens with one attached hydrogen (secondary N) is 2. The molecule has 1 aliphatic rings. The van der Waals surface area contributed by atoms with E-state index in [0.29, 0.717) is 36.7 Å². The van der Waals surface area contributed by atoms with Crippen LogP contribution in [0.15, 0.2) is 72.8 Å². The molecule has 0 bridgehead atoms. The van der Waals surface area contributed by atoms with Gasteiger partial charge in [-0.2, -0.15) is 0 Å². The Bertz CT molecular complexity index is 1150. The maximum absolute atomic E-state index is 13.5. The van der Waals surface area contributed by atoms with Crippen LogP contribution in [0.3, 0.4) is 0 Å². The molecule has 7 heteroatoms. The molecule has 0 unspecified atom stereocenters. The Balaban J connectivity index is 1.40. The van der Waals surface area contributed by atoms with Crippen molar-refractivity contribution < 1.29 is 18.7 Å². The van der Waals surface area contributed by atoms with Crippen molar-refractivity contribution in [3.8, 4) is 11.5 Å². The van der Waals surface area contributed by atoms with E-state index in [0.717, 1.165) is 17.7 Å². The number of benzene rings is 3. The highest BCUT2D eigenvalue weighted by Crippen LogP contribution is 2.30. The topological polar surface area (TPSA) is 70.7 Å². The normalized spacial score (nSPS) is 15.6. The largest absolute Gasteiger partial charge is 0.455 e. The number of urea groups is 1. The molecule has 3 aromatic rings. The van der Waals surface area contributed by atoms with Gasteiger partial charge in [0, 0.05) is 24.8 Å². The Morgan fingerprint density at radius 3 is 2.64 bits per heavy atom. The van der Waals surface area contributed by atoms with E-state index in [4.69, 9.17) is 4.74 Å². The number of aryl methyl sites for hydroxylation is 1. The van der Waals surface area contributed by atoms with Crippen molar-refractivity contribution in [3.05, 3.63) is 84.2 Å². The van der Waals surface area contributed by atoms with E-state index in [2.05, 4.69) is 10.6 Å². The molecule has 3 amide bonds. The number of halogens is 1. The number of likely N-dealkylation sites (tertiary alicyclic amines) is 1. The molecule has 3 aromatic carbocycles. The minimum atomic E-state index is -0.403. The quantitative estimate of drug-likeness (QED) is 0.519. The SMILES string of the molecule is Cc1cccc(NC(=O)N2CCC[C@H](C(=O)Nc3ccccc3Oc3cccc(F)c3)C2)c1. The van der Waals surface area contributed by atoms with Gasteiger partial charge in [0.05, 0.1) is 11.6 Å². The standard InChI is InChI=1S/C26H26FN3O3/c1-18-7-4-10-21(15-18)28-26(32)30-14-6-8-19(17-30)25(31)29-23-12-2-3-13-24(23)33-22-11-5-9-20(27)16-22/h2-5,7,9-13,15-16,19H,6,8,14,17H2,1H3,(H,28,32)(H,29,31)/t19-/m0/s1. The molecule has 1 atom stereocenters. The smallest absolute Gasteiger partial charge is 0.321 e. The average molecular weight is 448 g/mol. The summed E-state index contributed by atoms with van der Waals surface area (Å²) >= 11 is 0. The van der Waals surface area contributed by atoms with Crippen LogP contribution in [-0.2, 0) is 4.79 Å². The van der Waals surface area contributed by atoms with Gasteiger partial charge in [0.15, 0.2) is 5.75 Å². The van der Waals surface area contributed by atoms with E-state index in [9.17, 15) is 14.0 Å². The zero-order chi connectivity index (χ0) is 23.2. The van der Waals surface area contributed by atoms with Gasteiger partial charge in [0.1, 0.15) is 11.6 Å². The molecule has 170 valence electrons. The molecule has 4 rings (SSSR count). The summed E-state index contributed by atoms with van der Waals surface area (Å²) in [5, 5.41) is 5.82. The molecule has 1 aliphatic heterocycles. The number of hydrogen-bond acceptors (Lipinski definition) is 3. The van der Waals surface area contributed by atoms with E-state index in [1.165, 1.54) is 12.1 Å². The van der Waals surface area contributed by atoms with Crippen molar-refractivity contribution in [1.29, 1.82) is 0 Å². The molecule has 0 aliphatic carbocycles. The summed E-state index contributed by atoms with van der Waals surface area (Å²) in [6, 6.07) is 20.2. The molecule has 33 heavy (non-hydrogen) atoms. The Morgan fingerprint density at radius 1 is 1.00 bits per heavy atom. The number of para-hydroxylation sites is 2. The second-order valence-corrected chi connectivity index (χ2v) is 8.13. The summed E-state index contributed by atoms with van der Waals surface area (Å²) in [6.45, 7) is 2.89. The first-order valence-electron chi connectivity index (χ1n) is 10.9. The molecular formula is C26H26FN3O3. The fraction of sp³-hybridized carbons (Fsp3) is 0.231. The van der Waals surface area contributed by atoms with Crippen LogP contribution >= 0.6 is 0 Å². The summed E-state index contributed by atoms with van der Waals surface area (Å²) in [5.41, 5.74) is 2.28. The van der Waals surface area contributed by atoms with E-state index >= 15 is 0 Å². The van der Waals surface area contributed by atoms with Crippen molar-refractivity contribution in [2.75, 3.05) is 23.7 Å². The number of nitrogens with zero attached hydrogens (tertiary/aromatic N) is 1. The van der Waals surface area contributed by atoms with Gasteiger partial charge in [-0.25, -0.2) is 9.18 Å². The molecule has 6 nitrogen and oxygen atoms in total. The maximum atomic E-state index is 13.5. The minimum Gasteiger partial charge on any atom is -0.455 e. The lowest BCUT2D eigenvalue weighted by Gasteiger charge is -2.32. The zero-order valence-electron chi connectivity index (χ0n) is 18.4. The van der Waals surface area contributed by atoms with Crippen molar-refractivity contribution in [1.82, 2.24) is 4.90 Å². The Morgan fingerprint density at radius 2 is 1.82 bits per heavy atom. The van der Waals surface area contributed by atoms with Gasteiger partial charge in [-0.3, -0.25) is 4.79 Å². The third-order valence-corrected chi connectivity index (χ3v) is 5.52. The number of amides is 3. The number of anilines is 2. The van der Waals surface area contributed by atoms with Gasteiger partial charge in [-0.1, -0.05) is 30.3 Å². The first kappa shape index (κ1) is 22.3. The highest BCUT2D eigenvalue weighted by molar-refractivity contribution is 5.95. The van der Waals surface area contributed by atoms with Crippen molar-refractivity contribution in [2.45, 2.75) is 19.8 Å². The number of piperidine rings is 1. The molecule has 1 fully saturated rings. The Labute approximate surface area is 192 Å². The maximum Gasteiger partial charge on any atom is 0.321 e. The van der Waals surface area contributed by atoms with E-state index in [1.54, 1.807) is 41.3 Å². The summed E-state index contributed by atoms with van der Waals surface area (Å²) in [4.78, 5) is 27.4. The van der Waals surface area contributed by atoms with Crippen molar-refractivity contribution in [2.24, 2.45) is 5.92 Å². The first-order valence-corrected chi connectivity index (χ1v) is 10.9. The minimum absolute atomic E-state index is 0.182. The predicted molar refractivity (Wildman–Crippen MR) is 126 cm³/mol. The fourth-order valence-corrected chi connectivity index (χ4v) is 3.85. The van der Waals surface area contributed by atoms with Gasteiger partial charge < -0.3 is 20.3 Å². The molecule has 0 spiro atoms. The van der Waals surface area contributed by atoms with Crippen LogP contribution in [0.25, 0.3) is 0 Å². The predicted octanol–water partition coefficient (Wildman–Crippen LogP) is 5.81. The monoisotopic (exact) mass is 447 g/mol. The van der Waals surface area contributed by atoms with Crippen LogP contribution in [-0.4, -0.2) is 29.9 Å². The van der Waals surface area contributed by atoms with E-state index < -0.39 is 5.82 Å². The average Bonchev–Trinajstić information content (AvgIpc) is 2.80. The molecule has 0 radical (unpaired) electrons. The van der Waals surface area contributed by atoms with Gasteiger partial charge in [0.25, 0.3) is 0 Å². The second kappa shape index (κ2) is 10.2. The lowest BCUT2D eigenvalue weighted by molar-refractivity contribution is -0.121. The van der Waals surface area contributed by atoms with Crippen LogP contribution < -0.4 is 15.4 Å². The molecule has 0 saturated carbocycles. The zero-order valence-corrected chi connectivity index (χ0v) is 18.4. The van der Waals surface area contributed by atoms with Crippen LogP contribution in [0.4, 0.5) is 20.6 Å². The van der Waals surface area contributed by atoms with Crippen LogP contribution in [0.2, 0.25) is 0 Å². The molecule has 1 heterocycles. The van der Waals surface area contributed by atoms with Crippen LogP contribution in [0, 0.1) is 18.7 Å². The van der Waals surface area contributed by atoms with Gasteiger partial charge in [-0.05, 0) is 61.7 Å². The number of carbonyl (C=O) groups is 2. The molecule has 0 aromatic heterocycles. The molecular weight excluding hydrogens is 421 g/mol. The Kier molecular flexibility index (Phi) is 6.88. The fourth-order valence-electron chi connectivity index (χ4n) is 3.85. The highest BCUT2D eigenvalue weighted by Gasteiger charge is 2.29. The third kappa shape index (κ3) is 5.88. The van der Waals surface area contributed by atoms with Gasteiger partial charge in [0.2, 0.25) is 5.91 Å². The highest BCUT2D eigenvalue weighted by atomic mass is 19.1. The summed E-state index contributed by atoms with van der Waals surface area (Å²) in [7, 11) is 0. The summed E-state index contributed by atoms with van der Waals surface area (Å²) in [6.07, 6.45) is 1.42. The molecule has 1 saturated heterocycles. The van der Waals surface area contributed by atoms with Crippen LogP contribution in [0.1, 0.15) is 18.4 Å². The lowest BCUT2D eigenvalue weighted by atomic mass is 9.97. The number of rotatable bonds is 5. The number of hydrogen-bond donors (Lipinski definition) is 2. The lowest BCUT2D eigenvalue weighted by Crippen LogP contribution is -2.45. The number of ether oxygens (including phenoxy) is 1. The van der Waals surface area contributed by atoms with Gasteiger partial charge >= 0.3 is 6.03 Å². The van der Waals surface area contributed by atoms with Gasteiger partial charge in [-0.15, -0.1) is 0 Å². The van der Waals surface area contributed by atoms with Crippen LogP contribution in [0.5, 0.6) is 11.5 Å². The number of carbonyl (C=O) groups excluding carboxylic acids is 2. The third-order valence-electron chi connectivity index (χ3n) is 5.52. The summed E-state index contributed by atoms with van der Waals surface area (Å²) < 4.78 is 19.3.